The Morgan fingerprint density at radius 3 is 2.43 bits per heavy atom. The Balaban J connectivity index is 2.93. The predicted molar refractivity (Wildman–Crippen MR) is 80.0 cm³/mol. The number of carbonyl (C=O) groups excluding carboxylic acids is 2. The zero-order valence-electron chi connectivity index (χ0n) is 12.4. The molecule has 0 aromatic heterocycles. The van der Waals surface area contributed by atoms with Crippen molar-refractivity contribution in [2.24, 2.45) is 0 Å². The van der Waals surface area contributed by atoms with E-state index < -0.39 is 22.8 Å². The molecule has 0 aliphatic heterocycles. The zero-order chi connectivity index (χ0) is 15.9. The standard InChI is InChI=1S/C15H20O5S/c1-4-19-14(18)15(3,13(17)10-20-11(2)16)21-12-8-6-5-7-9-12/h5-9,13,17H,4,10H2,1-3H3/t13-,15-/m0/s1. The lowest BCUT2D eigenvalue weighted by Gasteiger charge is -2.31. The molecule has 1 rings (SSSR count). The summed E-state index contributed by atoms with van der Waals surface area (Å²) in [7, 11) is 0. The van der Waals surface area contributed by atoms with Crippen LogP contribution in [0.25, 0.3) is 0 Å². The Morgan fingerprint density at radius 1 is 1.29 bits per heavy atom. The average Bonchev–Trinajstić information content (AvgIpc) is 2.45. The van der Waals surface area contributed by atoms with Crippen molar-refractivity contribution in [2.75, 3.05) is 13.2 Å². The first-order valence-electron chi connectivity index (χ1n) is 6.63. The highest BCUT2D eigenvalue weighted by molar-refractivity contribution is 8.01. The number of aliphatic hydroxyl groups is 1. The SMILES string of the molecule is CCOC(=O)[C@@](C)(Sc1ccccc1)[C@@H](O)COC(C)=O. The molecular weight excluding hydrogens is 292 g/mol. The number of benzene rings is 1. The van der Waals surface area contributed by atoms with Gasteiger partial charge in [-0.3, -0.25) is 9.59 Å². The van der Waals surface area contributed by atoms with E-state index in [9.17, 15) is 14.7 Å². The Hall–Kier alpha value is -1.53. The first-order chi connectivity index (χ1) is 9.90. The summed E-state index contributed by atoms with van der Waals surface area (Å²) in [5.74, 6) is -1.05. The minimum atomic E-state index is -1.26. The Bertz CT molecular complexity index is 476. The van der Waals surface area contributed by atoms with Gasteiger partial charge in [-0.15, -0.1) is 11.8 Å². The van der Waals surface area contributed by atoms with Crippen molar-refractivity contribution in [1.29, 1.82) is 0 Å². The normalized spacial score (nSPS) is 14.9. The second-order valence-electron chi connectivity index (χ2n) is 4.56. The van der Waals surface area contributed by atoms with E-state index in [2.05, 4.69) is 0 Å². The van der Waals surface area contributed by atoms with Gasteiger partial charge in [-0.05, 0) is 26.0 Å². The molecule has 0 radical (unpaired) electrons. The number of carbonyl (C=O) groups is 2. The van der Waals surface area contributed by atoms with Crippen LogP contribution in [-0.2, 0) is 19.1 Å². The molecule has 116 valence electrons. The van der Waals surface area contributed by atoms with E-state index in [0.29, 0.717) is 0 Å². The molecule has 0 bridgehead atoms. The summed E-state index contributed by atoms with van der Waals surface area (Å²) in [5, 5.41) is 10.3. The summed E-state index contributed by atoms with van der Waals surface area (Å²) < 4.78 is 8.60. The van der Waals surface area contributed by atoms with Crippen molar-refractivity contribution < 1.29 is 24.2 Å². The molecule has 2 atom stereocenters. The maximum Gasteiger partial charge on any atom is 0.325 e. The van der Waals surface area contributed by atoms with Gasteiger partial charge in [0.2, 0.25) is 0 Å². The fraction of sp³-hybridized carbons (Fsp3) is 0.467. The molecule has 0 aliphatic carbocycles. The van der Waals surface area contributed by atoms with Crippen LogP contribution in [0, 0.1) is 0 Å². The van der Waals surface area contributed by atoms with Gasteiger partial charge in [0.1, 0.15) is 17.5 Å². The highest BCUT2D eigenvalue weighted by Crippen LogP contribution is 2.36. The van der Waals surface area contributed by atoms with Crippen molar-refractivity contribution >= 4 is 23.7 Å². The lowest BCUT2D eigenvalue weighted by Crippen LogP contribution is -2.47. The highest BCUT2D eigenvalue weighted by Gasteiger charge is 2.44. The fourth-order valence-electron chi connectivity index (χ4n) is 1.61. The number of hydrogen-bond acceptors (Lipinski definition) is 6. The molecule has 1 N–H and O–H groups in total. The van der Waals surface area contributed by atoms with Crippen molar-refractivity contribution in [3.63, 3.8) is 0 Å². The Labute approximate surface area is 128 Å². The molecule has 0 unspecified atom stereocenters. The summed E-state index contributed by atoms with van der Waals surface area (Å²) >= 11 is 1.18. The van der Waals surface area contributed by atoms with Crippen LogP contribution in [0.5, 0.6) is 0 Å². The largest absolute Gasteiger partial charge is 0.465 e. The van der Waals surface area contributed by atoms with Gasteiger partial charge < -0.3 is 14.6 Å². The van der Waals surface area contributed by atoms with Gasteiger partial charge in [0.15, 0.2) is 0 Å². The van der Waals surface area contributed by atoms with E-state index in [1.165, 1.54) is 18.7 Å². The molecule has 0 aliphatic rings. The van der Waals surface area contributed by atoms with Crippen LogP contribution in [0.3, 0.4) is 0 Å². The third-order valence-corrected chi connectivity index (χ3v) is 4.20. The zero-order valence-corrected chi connectivity index (χ0v) is 13.2. The van der Waals surface area contributed by atoms with Crippen LogP contribution < -0.4 is 0 Å². The van der Waals surface area contributed by atoms with Crippen LogP contribution >= 0.6 is 11.8 Å². The van der Waals surface area contributed by atoms with Crippen LogP contribution in [0.15, 0.2) is 35.2 Å². The van der Waals surface area contributed by atoms with E-state index in [1.807, 2.05) is 30.3 Å². The highest BCUT2D eigenvalue weighted by atomic mass is 32.2. The van der Waals surface area contributed by atoms with E-state index in [4.69, 9.17) is 9.47 Å². The summed E-state index contributed by atoms with van der Waals surface area (Å²) in [4.78, 5) is 23.9. The summed E-state index contributed by atoms with van der Waals surface area (Å²) in [5.41, 5.74) is 0. The minimum absolute atomic E-state index is 0.212. The maximum atomic E-state index is 12.2. The van der Waals surface area contributed by atoms with Crippen LogP contribution in [0.4, 0.5) is 0 Å². The maximum absolute atomic E-state index is 12.2. The van der Waals surface area contributed by atoms with Crippen molar-refractivity contribution in [3.8, 4) is 0 Å². The summed E-state index contributed by atoms with van der Waals surface area (Å²) in [6.07, 6.45) is -1.18. The van der Waals surface area contributed by atoms with E-state index in [-0.39, 0.29) is 13.2 Å². The first kappa shape index (κ1) is 17.5. The molecule has 0 spiro atoms. The lowest BCUT2D eigenvalue weighted by atomic mass is 10.0. The van der Waals surface area contributed by atoms with E-state index in [1.54, 1.807) is 13.8 Å². The van der Waals surface area contributed by atoms with E-state index >= 15 is 0 Å². The molecule has 0 fully saturated rings. The predicted octanol–water partition coefficient (Wildman–Crippen LogP) is 2.02. The quantitative estimate of drug-likeness (QED) is 0.613. The fourth-order valence-corrected chi connectivity index (χ4v) is 2.74. The van der Waals surface area contributed by atoms with Crippen LogP contribution in [0.2, 0.25) is 0 Å². The van der Waals surface area contributed by atoms with Gasteiger partial charge in [0.05, 0.1) is 6.61 Å². The first-order valence-corrected chi connectivity index (χ1v) is 7.44. The van der Waals surface area contributed by atoms with Gasteiger partial charge in [-0.2, -0.15) is 0 Å². The molecule has 6 heteroatoms. The van der Waals surface area contributed by atoms with Crippen molar-refractivity contribution in [1.82, 2.24) is 0 Å². The molecule has 5 nitrogen and oxygen atoms in total. The van der Waals surface area contributed by atoms with Gasteiger partial charge in [0.25, 0.3) is 0 Å². The lowest BCUT2D eigenvalue weighted by molar-refractivity contribution is -0.154. The molecule has 1 aromatic carbocycles. The number of hydrogen-bond donors (Lipinski definition) is 1. The molecule has 21 heavy (non-hydrogen) atoms. The number of aliphatic hydroxyl groups excluding tert-OH is 1. The number of esters is 2. The third kappa shape index (κ3) is 5.06. The number of rotatable bonds is 7. The van der Waals surface area contributed by atoms with Gasteiger partial charge in [-0.25, -0.2) is 0 Å². The molecule has 0 amide bonds. The molecule has 0 heterocycles. The second-order valence-corrected chi connectivity index (χ2v) is 6.08. The van der Waals surface area contributed by atoms with Crippen molar-refractivity contribution in [2.45, 2.75) is 36.5 Å². The van der Waals surface area contributed by atoms with E-state index in [0.717, 1.165) is 4.90 Å². The monoisotopic (exact) mass is 312 g/mol. The average molecular weight is 312 g/mol. The minimum Gasteiger partial charge on any atom is -0.465 e. The summed E-state index contributed by atoms with van der Waals surface area (Å²) in [6.45, 7) is 4.48. The topological polar surface area (TPSA) is 72.8 Å². The van der Waals surface area contributed by atoms with Crippen molar-refractivity contribution in [3.05, 3.63) is 30.3 Å². The number of ether oxygens (including phenoxy) is 2. The Morgan fingerprint density at radius 2 is 1.90 bits per heavy atom. The summed E-state index contributed by atoms with van der Waals surface area (Å²) in [6, 6.07) is 9.21. The molecular formula is C15H20O5S. The van der Waals surface area contributed by atoms with Gasteiger partial charge in [0, 0.05) is 11.8 Å². The van der Waals surface area contributed by atoms with Gasteiger partial charge >= 0.3 is 11.9 Å². The number of thioether (sulfide) groups is 1. The van der Waals surface area contributed by atoms with Crippen LogP contribution in [-0.4, -0.2) is 41.1 Å². The van der Waals surface area contributed by atoms with Crippen LogP contribution in [0.1, 0.15) is 20.8 Å². The smallest absolute Gasteiger partial charge is 0.325 e. The molecule has 0 saturated heterocycles. The third-order valence-electron chi connectivity index (χ3n) is 2.83. The second kappa shape index (κ2) is 8.05. The molecule has 1 aromatic rings. The van der Waals surface area contributed by atoms with Gasteiger partial charge in [-0.1, -0.05) is 18.2 Å². The Kier molecular flexibility index (Phi) is 6.71. The molecule has 0 saturated carbocycles.